The lowest BCUT2D eigenvalue weighted by atomic mass is 9.84. The van der Waals surface area contributed by atoms with Crippen molar-refractivity contribution >= 4 is 21.8 Å². The van der Waals surface area contributed by atoms with Crippen molar-refractivity contribution in [3.05, 3.63) is 30.3 Å². The first-order chi connectivity index (χ1) is 12.9. The van der Waals surface area contributed by atoms with Gasteiger partial charge in [-0.25, -0.2) is 0 Å². The van der Waals surface area contributed by atoms with Crippen molar-refractivity contribution < 1.29 is 13.2 Å². The molecule has 1 amide bonds. The Kier molecular flexibility index (Phi) is 7.80. The van der Waals surface area contributed by atoms with Gasteiger partial charge in [0.1, 0.15) is 18.4 Å². The van der Waals surface area contributed by atoms with E-state index in [1.54, 1.807) is 18.2 Å². The van der Waals surface area contributed by atoms with E-state index >= 15 is 0 Å². The fraction of sp³-hybridized carbons (Fsp3) is 0.526. The second-order valence-corrected chi connectivity index (χ2v) is 8.38. The van der Waals surface area contributed by atoms with Gasteiger partial charge in [0, 0.05) is 0 Å². The first-order valence-corrected chi connectivity index (χ1v) is 10.6. The Labute approximate surface area is 160 Å². The molecular formula is C19H26N4O3S. The highest BCUT2D eigenvalue weighted by atomic mass is 32.2. The second kappa shape index (κ2) is 10.1. The van der Waals surface area contributed by atoms with Crippen LogP contribution in [0.3, 0.4) is 0 Å². The van der Waals surface area contributed by atoms with Gasteiger partial charge in [0.2, 0.25) is 5.91 Å². The summed E-state index contributed by atoms with van der Waals surface area (Å²) in [4.78, 5) is 12.5. The van der Waals surface area contributed by atoms with Crippen molar-refractivity contribution in [3.8, 4) is 6.07 Å². The maximum atomic E-state index is 12.4. The molecule has 0 radical (unpaired) electrons. The number of benzene rings is 1. The van der Waals surface area contributed by atoms with Gasteiger partial charge < -0.3 is 10.6 Å². The Morgan fingerprint density at radius 3 is 2.56 bits per heavy atom. The number of sulfonamides is 1. The molecule has 0 aromatic heterocycles. The molecule has 1 aromatic carbocycles. The average Bonchev–Trinajstić information content (AvgIpc) is 2.66. The zero-order valence-electron chi connectivity index (χ0n) is 15.5. The van der Waals surface area contributed by atoms with Gasteiger partial charge >= 0.3 is 0 Å². The third kappa shape index (κ3) is 6.68. The maximum Gasteiger partial charge on any atom is 0.283 e. The summed E-state index contributed by atoms with van der Waals surface area (Å²) in [6.07, 6.45) is 6.21. The predicted octanol–water partition coefficient (Wildman–Crippen LogP) is 2.36. The summed E-state index contributed by atoms with van der Waals surface area (Å²) in [6, 6.07) is 9.22. The monoisotopic (exact) mass is 390 g/mol. The van der Waals surface area contributed by atoms with Crippen molar-refractivity contribution in [1.82, 2.24) is 10.6 Å². The SMILES string of the molecule is CC(=NS(=O)(=O)c1ccccc1)N[C@@H](CC1CCCCC1)C(=O)NCC#N. The topological polar surface area (TPSA) is 111 Å². The molecule has 1 aromatic rings. The number of nitrogens with zero attached hydrogens (tertiary/aromatic N) is 2. The van der Waals surface area contributed by atoms with Crippen molar-refractivity contribution in [3.63, 3.8) is 0 Å². The van der Waals surface area contributed by atoms with Crippen LogP contribution in [-0.2, 0) is 14.8 Å². The Morgan fingerprint density at radius 2 is 1.93 bits per heavy atom. The van der Waals surface area contributed by atoms with Gasteiger partial charge in [0.05, 0.1) is 11.0 Å². The number of amides is 1. The van der Waals surface area contributed by atoms with Gasteiger partial charge in [-0.2, -0.15) is 13.7 Å². The van der Waals surface area contributed by atoms with Crippen LogP contribution in [0.5, 0.6) is 0 Å². The molecule has 146 valence electrons. The van der Waals surface area contributed by atoms with Crippen LogP contribution in [-0.4, -0.2) is 32.7 Å². The molecular weight excluding hydrogens is 364 g/mol. The highest BCUT2D eigenvalue weighted by molar-refractivity contribution is 7.90. The van der Waals surface area contributed by atoms with Crippen LogP contribution in [0.15, 0.2) is 39.6 Å². The number of amidine groups is 1. The third-order valence-electron chi connectivity index (χ3n) is 4.63. The van der Waals surface area contributed by atoms with Crippen LogP contribution in [0.2, 0.25) is 0 Å². The van der Waals surface area contributed by atoms with Gasteiger partial charge in [-0.1, -0.05) is 50.3 Å². The summed E-state index contributed by atoms with van der Waals surface area (Å²) in [5.41, 5.74) is 0. The molecule has 1 saturated carbocycles. The lowest BCUT2D eigenvalue weighted by molar-refractivity contribution is -0.123. The van der Waals surface area contributed by atoms with E-state index in [4.69, 9.17) is 5.26 Å². The highest BCUT2D eigenvalue weighted by Gasteiger charge is 2.25. The van der Waals surface area contributed by atoms with E-state index in [1.165, 1.54) is 25.5 Å². The first kappa shape index (κ1) is 20.9. The molecule has 0 unspecified atom stereocenters. The van der Waals surface area contributed by atoms with Gasteiger partial charge in [-0.15, -0.1) is 4.40 Å². The smallest absolute Gasteiger partial charge is 0.283 e. The molecule has 27 heavy (non-hydrogen) atoms. The van der Waals surface area contributed by atoms with E-state index in [-0.39, 0.29) is 23.2 Å². The Hall–Kier alpha value is -2.40. The van der Waals surface area contributed by atoms with E-state index in [0.717, 1.165) is 25.7 Å². The zero-order valence-corrected chi connectivity index (χ0v) is 16.3. The standard InChI is InChI=1S/C19H26N4O3S/c1-15(23-27(25,26)17-10-6-3-7-11-17)22-18(19(24)21-13-12-20)14-16-8-4-2-5-9-16/h3,6-7,10-11,16,18H,2,4-5,8-9,13-14H2,1H3,(H,21,24)(H,22,23)/t18-/m0/s1. The Morgan fingerprint density at radius 1 is 1.26 bits per heavy atom. The number of carbonyl (C=O) groups is 1. The van der Waals surface area contributed by atoms with Gasteiger partial charge in [-0.05, 0) is 31.4 Å². The normalized spacial score (nSPS) is 17.0. The molecule has 8 heteroatoms. The first-order valence-electron chi connectivity index (χ1n) is 9.20. The lowest BCUT2D eigenvalue weighted by Crippen LogP contribution is -2.47. The van der Waals surface area contributed by atoms with Crippen LogP contribution >= 0.6 is 0 Å². The largest absolute Gasteiger partial charge is 0.361 e. The molecule has 0 spiro atoms. The molecule has 1 atom stereocenters. The quantitative estimate of drug-likeness (QED) is 0.422. The summed E-state index contributed by atoms with van der Waals surface area (Å²) in [7, 11) is -3.84. The third-order valence-corrected chi connectivity index (χ3v) is 6.02. The summed E-state index contributed by atoms with van der Waals surface area (Å²) in [5.74, 6) is 0.253. The summed E-state index contributed by atoms with van der Waals surface area (Å²) in [6.45, 7) is 1.45. The molecule has 0 heterocycles. The molecule has 1 aliphatic rings. The van der Waals surface area contributed by atoms with E-state index in [0.29, 0.717) is 12.3 Å². The molecule has 0 aliphatic heterocycles. The molecule has 1 aliphatic carbocycles. The summed E-state index contributed by atoms with van der Waals surface area (Å²) < 4.78 is 28.6. The van der Waals surface area contributed by atoms with Gasteiger partial charge in [0.15, 0.2) is 0 Å². The van der Waals surface area contributed by atoms with E-state index < -0.39 is 16.1 Å². The highest BCUT2D eigenvalue weighted by Crippen LogP contribution is 2.27. The Balaban J connectivity index is 2.12. The molecule has 2 rings (SSSR count). The Bertz CT molecular complexity index is 794. The minimum absolute atomic E-state index is 0.0832. The lowest BCUT2D eigenvalue weighted by Gasteiger charge is -2.26. The number of rotatable bonds is 7. The van der Waals surface area contributed by atoms with E-state index in [9.17, 15) is 13.2 Å². The van der Waals surface area contributed by atoms with Crippen LogP contribution in [0, 0.1) is 17.2 Å². The van der Waals surface area contributed by atoms with Crippen LogP contribution in [0.4, 0.5) is 0 Å². The molecule has 2 N–H and O–H groups in total. The van der Waals surface area contributed by atoms with E-state index in [1.807, 2.05) is 6.07 Å². The number of nitrogens with one attached hydrogen (secondary N) is 2. The van der Waals surface area contributed by atoms with Crippen molar-refractivity contribution in [2.75, 3.05) is 6.54 Å². The molecule has 0 bridgehead atoms. The fourth-order valence-corrected chi connectivity index (χ4v) is 4.36. The van der Waals surface area contributed by atoms with Crippen molar-refractivity contribution in [2.24, 2.45) is 10.3 Å². The summed E-state index contributed by atoms with van der Waals surface area (Å²) in [5, 5.41) is 14.2. The fourth-order valence-electron chi connectivity index (χ4n) is 3.34. The van der Waals surface area contributed by atoms with Crippen LogP contribution in [0.1, 0.15) is 45.4 Å². The zero-order chi connectivity index (χ0) is 19.7. The van der Waals surface area contributed by atoms with Crippen LogP contribution < -0.4 is 10.6 Å². The molecule has 0 saturated heterocycles. The minimum atomic E-state index is -3.84. The second-order valence-electron chi connectivity index (χ2n) is 6.78. The number of hydrogen-bond acceptors (Lipinski definition) is 4. The number of carbonyl (C=O) groups excluding carboxylic acids is 1. The van der Waals surface area contributed by atoms with Gasteiger partial charge in [0.25, 0.3) is 10.0 Å². The average molecular weight is 391 g/mol. The number of hydrogen-bond donors (Lipinski definition) is 2. The predicted molar refractivity (Wildman–Crippen MR) is 103 cm³/mol. The minimum Gasteiger partial charge on any atom is -0.361 e. The van der Waals surface area contributed by atoms with E-state index in [2.05, 4.69) is 15.0 Å². The number of nitriles is 1. The molecule has 1 fully saturated rings. The summed E-state index contributed by atoms with van der Waals surface area (Å²) >= 11 is 0. The maximum absolute atomic E-state index is 12.4. The van der Waals surface area contributed by atoms with Crippen molar-refractivity contribution in [2.45, 2.75) is 56.4 Å². The van der Waals surface area contributed by atoms with Crippen LogP contribution in [0.25, 0.3) is 0 Å². The molecule has 7 nitrogen and oxygen atoms in total. The van der Waals surface area contributed by atoms with Gasteiger partial charge in [-0.3, -0.25) is 4.79 Å². The van der Waals surface area contributed by atoms with Crippen molar-refractivity contribution in [1.29, 1.82) is 5.26 Å².